The van der Waals surface area contributed by atoms with Gasteiger partial charge in [0.05, 0.1) is 11.1 Å². The van der Waals surface area contributed by atoms with Crippen LogP contribution in [0.5, 0.6) is 0 Å². The molecule has 206 valence electrons. The molecule has 7 nitrogen and oxygen atoms in total. The summed E-state index contributed by atoms with van der Waals surface area (Å²) in [7, 11) is 0. The van der Waals surface area contributed by atoms with Crippen LogP contribution < -0.4 is 10.2 Å². The molecular weight excluding hydrogens is 493 g/mol. The number of piperidine rings is 2. The number of fused-ring (bicyclic) bond motifs is 2. The Hall–Kier alpha value is -2.46. The van der Waals surface area contributed by atoms with E-state index in [4.69, 9.17) is 0 Å². The van der Waals surface area contributed by atoms with Gasteiger partial charge in [-0.05, 0) is 62.1 Å². The molecule has 0 radical (unpaired) electrons. The number of hydrogen-bond acceptors (Lipinski definition) is 6. The molecule has 2 atom stereocenters. The zero-order valence-corrected chi connectivity index (χ0v) is 21.8. The number of pyridine rings is 2. The Morgan fingerprint density at radius 1 is 0.921 bits per heavy atom. The highest BCUT2D eigenvalue weighted by Gasteiger charge is 2.44. The Balaban J connectivity index is 1.10. The number of nitrogens with zero attached hydrogens (tertiary/aromatic N) is 5. The Labute approximate surface area is 221 Å². The lowest BCUT2D eigenvalue weighted by atomic mass is 10.0. The molecule has 0 aromatic carbocycles. The Morgan fingerprint density at radius 2 is 1.61 bits per heavy atom. The lowest BCUT2D eigenvalue weighted by Gasteiger charge is -2.33. The minimum atomic E-state index is -4.59. The molecule has 3 saturated heterocycles. The van der Waals surface area contributed by atoms with Gasteiger partial charge in [0.1, 0.15) is 17.0 Å². The average molecular weight is 531 g/mol. The van der Waals surface area contributed by atoms with Crippen molar-refractivity contribution < 1.29 is 18.0 Å². The maximum absolute atomic E-state index is 14.1. The molecule has 10 heteroatoms. The molecule has 2 aromatic rings. The van der Waals surface area contributed by atoms with E-state index in [0.717, 1.165) is 82.6 Å². The summed E-state index contributed by atoms with van der Waals surface area (Å²) in [6.45, 7) is 7.89. The van der Waals surface area contributed by atoms with E-state index in [0.29, 0.717) is 18.9 Å². The SMILES string of the molecule is O=C(NC1CCN(CCN2CC3CC3C2)CC1)c1ccc2nc(N3CCCCCC3)cc(C(F)(F)F)c2n1. The fourth-order valence-corrected chi connectivity index (χ4v) is 6.42. The van der Waals surface area contributed by atoms with Gasteiger partial charge in [-0.1, -0.05) is 12.8 Å². The van der Waals surface area contributed by atoms with Crippen molar-refractivity contribution in [2.45, 2.75) is 57.2 Å². The molecule has 6 rings (SSSR count). The van der Waals surface area contributed by atoms with Gasteiger partial charge in [0.25, 0.3) is 5.91 Å². The Morgan fingerprint density at radius 3 is 2.29 bits per heavy atom. The van der Waals surface area contributed by atoms with Gasteiger partial charge in [-0.2, -0.15) is 13.2 Å². The number of alkyl halides is 3. The zero-order chi connectivity index (χ0) is 26.3. The average Bonchev–Trinajstić information content (AvgIpc) is 3.61. The fourth-order valence-electron chi connectivity index (χ4n) is 6.42. The van der Waals surface area contributed by atoms with E-state index in [1.807, 2.05) is 4.90 Å². The highest BCUT2D eigenvalue weighted by Crippen LogP contribution is 2.44. The smallest absolute Gasteiger partial charge is 0.357 e. The first-order valence-corrected chi connectivity index (χ1v) is 14.2. The first-order chi connectivity index (χ1) is 18.3. The quantitative estimate of drug-likeness (QED) is 0.605. The first-order valence-electron chi connectivity index (χ1n) is 14.2. The second kappa shape index (κ2) is 10.6. The van der Waals surface area contributed by atoms with Crippen molar-refractivity contribution in [2.75, 3.05) is 57.3 Å². The van der Waals surface area contributed by atoms with Gasteiger partial charge in [-0.3, -0.25) is 4.79 Å². The standard InChI is InChI=1S/C28H37F3N6O/c29-28(30,31)22-16-25(37-9-3-1-2-4-10-37)33-23-5-6-24(34-26(22)23)27(38)32-21-7-11-35(12-8-21)13-14-36-17-19-15-20(19)18-36/h5-6,16,19-21H,1-4,7-15,17-18H2,(H,32,38). The molecule has 4 fully saturated rings. The number of carbonyl (C=O) groups is 1. The summed E-state index contributed by atoms with van der Waals surface area (Å²) in [6, 6.07) is 4.09. The lowest BCUT2D eigenvalue weighted by Crippen LogP contribution is -2.46. The lowest BCUT2D eigenvalue weighted by molar-refractivity contribution is -0.136. The van der Waals surface area contributed by atoms with Crippen molar-refractivity contribution in [2.24, 2.45) is 11.8 Å². The molecule has 38 heavy (non-hydrogen) atoms. The van der Waals surface area contributed by atoms with Crippen molar-refractivity contribution in [1.82, 2.24) is 25.1 Å². The van der Waals surface area contributed by atoms with E-state index in [1.165, 1.54) is 31.6 Å². The topological polar surface area (TPSA) is 64.6 Å². The van der Waals surface area contributed by atoms with Crippen LogP contribution in [0.1, 0.15) is 61.0 Å². The number of hydrogen-bond donors (Lipinski definition) is 1. The minimum Gasteiger partial charge on any atom is -0.357 e. The van der Waals surface area contributed by atoms with E-state index < -0.39 is 17.6 Å². The summed E-state index contributed by atoms with van der Waals surface area (Å²) in [4.78, 5) is 28.6. The summed E-state index contributed by atoms with van der Waals surface area (Å²) < 4.78 is 42.2. The molecule has 1 saturated carbocycles. The molecule has 1 aliphatic carbocycles. The molecular formula is C28H37F3N6O. The van der Waals surface area contributed by atoms with Gasteiger partial charge < -0.3 is 20.0 Å². The highest BCUT2D eigenvalue weighted by molar-refractivity contribution is 5.95. The maximum atomic E-state index is 14.1. The van der Waals surface area contributed by atoms with Crippen LogP contribution in [-0.4, -0.2) is 84.1 Å². The van der Waals surface area contributed by atoms with Gasteiger partial charge in [0.2, 0.25) is 0 Å². The molecule has 1 amide bonds. The van der Waals surface area contributed by atoms with Gasteiger partial charge in [-0.25, -0.2) is 9.97 Å². The van der Waals surface area contributed by atoms with Crippen LogP contribution in [0.15, 0.2) is 18.2 Å². The van der Waals surface area contributed by atoms with Crippen molar-refractivity contribution in [3.63, 3.8) is 0 Å². The van der Waals surface area contributed by atoms with Crippen LogP contribution in [0.25, 0.3) is 11.0 Å². The monoisotopic (exact) mass is 530 g/mol. The number of aromatic nitrogens is 2. The highest BCUT2D eigenvalue weighted by atomic mass is 19.4. The summed E-state index contributed by atoms with van der Waals surface area (Å²) in [5, 5.41) is 3.01. The zero-order valence-electron chi connectivity index (χ0n) is 21.8. The van der Waals surface area contributed by atoms with E-state index in [9.17, 15) is 18.0 Å². The van der Waals surface area contributed by atoms with Gasteiger partial charge in [-0.15, -0.1) is 0 Å². The summed E-state index contributed by atoms with van der Waals surface area (Å²) >= 11 is 0. The molecule has 1 N–H and O–H groups in total. The fraction of sp³-hybridized carbons (Fsp3) is 0.679. The van der Waals surface area contributed by atoms with E-state index in [2.05, 4.69) is 25.1 Å². The number of rotatable bonds is 6. The Bertz CT molecular complexity index is 1150. The number of anilines is 1. The number of nitrogens with one attached hydrogen (secondary N) is 1. The second-order valence-corrected chi connectivity index (χ2v) is 11.6. The van der Waals surface area contributed by atoms with Crippen molar-refractivity contribution >= 4 is 22.8 Å². The maximum Gasteiger partial charge on any atom is 0.418 e. The van der Waals surface area contributed by atoms with E-state index >= 15 is 0 Å². The van der Waals surface area contributed by atoms with Crippen LogP contribution in [0.3, 0.4) is 0 Å². The van der Waals surface area contributed by atoms with Gasteiger partial charge >= 0.3 is 6.18 Å². The number of halogens is 3. The number of likely N-dealkylation sites (tertiary alicyclic amines) is 2. The van der Waals surface area contributed by atoms with Crippen LogP contribution >= 0.6 is 0 Å². The van der Waals surface area contributed by atoms with E-state index in [1.54, 1.807) is 0 Å². The molecule has 5 heterocycles. The van der Waals surface area contributed by atoms with Gasteiger partial charge in [0, 0.05) is 58.4 Å². The first kappa shape index (κ1) is 25.8. The summed E-state index contributed by atoms with van der Waals surface area (Å²) in [5.41, 5.74) is -0.931. The van der Waals surface area contributed by atoms with E-state index in [-0.39, 0.29) is 22.8 Å². The third kappa shape index (κ3) is 5.76. The third-order valence-corrected chi connectivity index (χ3v) is 8.82. The van der Waals surface area contributed by atoms with Crippen LogP contribution in [-0.2, 0) is 6.18 Å². The minimum absolute atomic E-state index is 0.00121. The molecule has 0 spiro atoms. The van der Waals surface area contributed by atoms with Crippen molar-refractivity contribution in [1.29, 1.82) is 0 Å². The van der Waals surface area contributed by atoms with Crippen LogP contribution in [0.4, 0.5) is 19.0 Å². The normalized spacial score (nSPS) is 25.4. The van der Waals surface area contributed by atoms with Crippen LogP contribution in [0, 0.1) is 11.8 Å². The molecule has 0 bridgehead atoms. The third-order valence-electron chi connectivity index (χ3n) is 8.82. The van der Waals surface area contributed by atoms with Crippen molar-refractivity contribution in [3.05, 3.63) is 29.5 Å². The largest absolute Gasteiger partial charge is 0.418 e. The molecule has 2 unspecified atom stereocenters. The van der Waals surface area contributed by atoms with Gasteiger partial charge in [0.15, 0.2) is 0 Å². The Kier molecular flexibility index (Phi) is 7.20. The predicted molar refractivity (Wildman–Crippen MR) is 140 cm³/mol. The van der Waals surface area contributed by atoms with Crippen molar-refractivity contribution in [3.8, 4) is 0 Å². The molecule has 4 aliphatic rings. The number of amides is 1. The molecule has 2 aromatic heterocycles. The summed E-state index contributed by atoms with van der Waals surface area (Å²) in [5.74, 6) is 1.80. The predicted octanol–water partition coefficient (Wildman–Crippen LogP) is 4.17. The molecule has 3 aliphatic heterocycles. The van der Waals surface area contributed by atoms with Crippen LogP contribution in [0.2, 0.25) is 0 Å². The summed E-state index contributed by atoms with van der Waals surface area (Å²) in [6.07, 6.45) is 2.53. The number of carbonyl (C=O) groups excluding carboxylic acids is 1. The second-order valence-electron chi connectivity index (χ2n) is 11.6.